The van der Waals surface area contributed by atoms with Crippen molar-refractivity contribution in [2.24, 2.45) is 0 Å². The largest absolute Gasteiger partial charge is 0.376 e. The summed E-state index contributed by atoms with van der Waals surface area (Å²) in [4.78, 5) is 23.9. The lowest BCUT2D eigenvalue weighted by molar-refractivity contribution is -0.147. The Kier molecular flexibility index (Phi) is 5.35. The molecule has 0 spiro atoms. The summed E-state index contributed by atoms with van der Waals surface area (Å²) in [5, 5.41) is 7.09. The number of nitrogens with one attached hydrogen (secondary N) is 1. The van der Waals surface area contributed by atoms with Gasteiger partial charge in [0.05, 0.1) is 32.1 Å². The van der Waals surface area contributed by atoms with Gasteiger partial charge in [0.25, 0.3) is 11.5 Å². The van der Waals surface area contributed by atoms with Gasteiger partial charge in [-0.3, -0.25) is 9.59 Å². The molecule has 2 heterocycles. The summed E-state index contributed by atoms with van der Waals surface area (Å²) in [6, 6.07) is 12.8. The number of hydrogen-bond acceptors (Lipinski definition) is 5. The van der Waals surface area contributed by atoms with Crippen LogP contribution >= 0.6 is 0 Å². The van der Waals surface area contributed by atoms with Gasteiger partial charge in [-0.25, -0.2) is 4.68 Å². The summed E-state index contributed by atoms with van der Waals surface area (Å²) < 4.78 is 11.9. The molecule has 3 rings (SSSR count). The van der Waals surface area contributed by atoms with E-state index in [0.717, 1.165) is 5.56 Å². The first-order valence-electron chi connectivity index (χ1n) is 7.85. The van der Waals surface area contributed by atoms with Gasteiger partial charge in [0.1, 0.15) is 0 Å². The second-order valence-electron chi connectivity index (χ2n) is 5.37. The van der Waals surface area contributed by atoms with Gasteiger partial charge in [-0.15, -0.1) is 0 Å². The van der Waals surface area contributed by atoms with E-state index < -0.39 is 6.10 Å². The number of rotatable bonds is 5. The van der Waals surface area contributed by atoms with Crippen LogP contribution in [0.1, 0.15) is 0 Å². The lowest BCUT2D eigenvalue weighted by Gasteiger charge is -2.22. The molecule has 0 bridgehead atoms. The maximum Gasteiger partial charge on any atom is 0.266 e. The fourth-order valence-electron chi connectivity index (χ4n) is 2.41. The first-order valence-corrected chi connectivity index (χ1v) is 7.85. The van der Waals surface area contributed by atoms with E-state index in [9.17, 15) is 9.59 Å². The number of aromatic nitrogens is 2. The summed E-state index contributed by atoms with van der Waals surface area (Å²) in [6.45, 7) is 1.77. The van der Waals surface area contributed by atoms with Gasteiger partial charge in [0.2, 0.25) is 0 Å². The zero-order valence-corrected chi connectivity index (χ0v) is 13.2. The first kappa shape index (κ1) is 16.4. The van der Waals surface area contributed by atoms with Crippen LogP contribution in [0.5, 0.6) is 0 Å². The van der Waals surface area contributed by atoms with E-state index in [-0.39, 0.29) is 18.1 Å². The number of carbonyl (C=O) groups is 1. The molecule has 1 aromatic carbocycles. The highest BCUT2D eigenvalue weighted by Crippen LogP contribution is 2.13. The summed E-state index contributed by atoms with van der Waals surface area (Å²) in [5.41, 5.74) is 1.44. The zero-order valence-electron chi connectivity index (χ0n) is 13.2. The monoisotopic (exact) mass is 329 g/mol. The molecule has 126 valence electrons. The average Bonchev–Trinajstić information content (AvgIpc) is 2.64. The van der Waals surface area contributed by atoms with Crippen molar-refractivity contribution in [2.45, 2.75) is 12.6 Å². The molecule has 7 heteroatoms. The van der Waals surface area contributed by atoms with Crippen molar-refractivity contribution in [3.05, 3.63) is 52.8 Å². The average molecular weight is 329 g/mol. The molecule has 7 nitrogen and oxygen atoms in total. The molecule has 1 amide bonds. The lowest BCUT2D eigenvalue weighted by Crippen LogP contribution is -2.44. The van der Waals surface area contributed by atoms with Crippen LogP contribution in [-0.4, -0.2) is 48.2 Å². The van der Waals surface area contributed by atoms with Gasteiger partial charge >= 0.3 is 0 Å². The van der Waals surface area contributed by atoms with Crippen LogP contribution in [0.4, 0.5) is 0 Å². The Hall–Kier alpha value is -2.51. The summed E-state index contributed by atoms with van der Waals surface area (Å²) in [5.74, 6) is -0.234. The Labute approximate surface area is 139 Å². The van der Waals surface area contributed by atoms with Crippen LogP contribution in [0.2, 0.25) is 0 Å². The molecule has 1 aliphatic rings. The Morgan fingerprint density at radius 1 is 1.21 bits per heavy atom. The maximum atomic E-state index is 11.9. The van der Waals surface area contributed by atoms with Crippen LogP contribution in [0.25, 0.3) is 11.3 Å². The zero-order chi connectivity index (χ0) is 16.8. The normalized spacial score (nSPS) is 17.4. The van der Waals surface area contributed by atoms with Crippen molar-refractivity contribution in [3.8, 4) is 11.3 Å². The van der Waals surface area contributed by atoms with E-state index in [1.165, 1.54) is 10.7 Å². The van der Waals surface area contributed by atoms with E-state index >= 15 is 0 Å². The molecular weight excluding hydrogens is 310 g/mol. The van der Waals surface area contributed by atoms with Crippen LogP contribution in [-0.2, 0) is 20.8 Å². The number of hydrogen-bond donors (Lipinski definition) is 1. The Morgan fingerprint density at radius 3 is 2.79 bits per heavy atom. The number of amides is 1. The molecule has 1 unspecified atom stereocenters. The van der Waals surface area contributed by atoms with Gasteiger partial charge in [-0.2, -0.15) is 5.10 Å². The van der Waals surface area contributed by atoms with E-state index in [2.05, 4.69) is 10.4 Å². The number of ether oxygens (including phenoxy) is 2. The lowest BCUT2D eigenvalue weighted by atomic mass is 10.1. The fraction of sp³-hybridized carbons (Fsp3) is 0.353. The molecule has 1 saturated heterocycles. The maximum absolute atomic E-state index is 11.9. The standard InChI is InChI=1S/C17H19N3O4/c21-16-7-6-14(13-4-2-1-3-5-13)19-20(16)9-8-18-17(22)15-12-23-10-11-24-15/h1-7,15H,8-12H2,(H,18,22). The van der Waals surface area contributed by atoms with Crippen LogP contribution in [0.15, 0.2) is 47.3 Å². The molecule has 0 saturated carbocycles. The second kappa shape index (κ2) is 7.85. The molecule has 24 heavy (non-hydrogen) atoms. The molecular formula is C17H19N3O4. The minimum Gasteiger partial charge on any atom is -0.376 e. The predicted octanol–water partition coefficient (Wildman–Crippen LogP) is 0.442. The third-order valence-electron chi connectivity index (χ3n) is 3.67. The van der Waals surface area contributed by atoms with Gasteiger partial charge in [0.15, 0.2) is 6.10 Å². The number of nitrogens with zero attached hydrogens (tertiary/aromatic N) is 2. The Balaban J connectivity index is 1.60. The molecule has 2 aromatic rings. The summed E-state index contributed by atoms with van der Waals surface area (Å²) >= 11 is 0. The molecule has 1 fully saturated rings. The van der Waals surface area contributed by atoms with Crippen molar-refractivity contribution in [1.82, 2.24) is 15.1 Å². The van der Waals surface area contributed by atoms with Crippen molar-refractivity contribution in [2.75, 3.05) is 26.4 Å². The predicted molar refractivity (Wildman–Crippen MR) is 87.5 cm³/mol. The molecule has 1 aliphatic heterocycles. The SMILES string of the molecule is O=C(NCCn1nc(-c2ccccc2)ccc1=O)C1COCCO1. The minimum atomic E-state index is -0.584. The van der Waals surface area contributed by atoms with Gasteiger partial charge in [-0.05, 0) is 6.07 Å². The van der Waals surface area contributed by atoms with Crippen LogP contribution < -0.4 is 10.9 Å². The second-order valence-corrected chi connectivity index (χ2v) is 5.37. The quantitative estimate of drug-likeness (QED) is 0.861. The number of benzene rings is 1. The van der Waals surface area contributed by atoms with Crippen molar-refractivity contribution in [1.29, 1.82) is 0 Å². The smallest absolute Gasteiger partial charge is 0.266 e. The van der Waals surface area contributed by atoms with Crippen molar-refractivity contribution >= 4 is 5.91 Å². The summed E-state index contributed by atoms with van der Waals surface area (Å²) in [7, 11) is 0. The minimum absolute atomic E-state index is 0.207. The van der Waals surface area contributed by atoms with E-state index in [1.54, 1.807) is 6.07 Å². The molecule has 0 radical (unpaired) electrons. The Bertz CT molecular complexity index is 739. The highest BCUT2D eigenvalue weighted by atomic mass is 16.6. The molecule has 0 aliphatic carbocycles. The summed E-state index contributed by atoms with van der Waals surface area (Å²) in [6.07, 6.45) is -0.584. The van der Waals surface area contributed by atoms with E-state index in [4.69, 9.17) is 9.47 Å². The van der Waals surface area contributed by atoms with Gasteiger partial charge in [-0.1, -0.05) is 30.3 Å². The topological polar surface area (TPSA) is 82.5 Å². The molecule has 1 atom stereocenters. The van der Waals surface area contributed by atoms with E-state index in [0.29, 0.717) is 32.0 Å². The Morgan fingerprint density at radius 2 is 2.04 bits per heavy atom. The third kappa shape index (κ3) is 4.06. The van der Waals surface area contributed by atoms with Crippen molar-refractivity contribution < 1.29 is 14.3 Å². The van der Waals surface area contributed by atoms with Crippen LogP contribution in [0.3, 0.4) is 0 Å². The van der Waals surface area contributed by atoms with E-state index in [1.807, 2.05) is 30.3 Å². The fourth-order valence-corrected chi connectivity index (χ4v) is 2.41. The van der Waals surface area contributed by atoms with Gasteiger partial charge < -0.3 is 14.8 Å². The number of carbonyl (C=O) groups excluding carboxylic acids is 1. The van der Waals surface area contributed by atoms with Crippen LogP contribution in [0, 0.1) is 0 Å². The molecule has 1 N–H and O–H groups in total. The van der Waals surface area contributed by atoms with Crippen molar-refractivity contribution in [3.63, 3.8) is 0 Å². The molecule has 1 aromatic heterocycles. The van der Waals surface area contributed by atoms with Gasteiger partial charge in [0, 0.05) is 18.2 Å². The highest BCUT2D eigenvalue weighted by Gasteiger charge is 2.22. The first-order chi connectivity index (χ1) is 11.7. The highest BCUT2D eigenvalue weighted by molar-refractivity contribution is 5.80. The third-order valence-corrected chi connectivity index (χ3v) is 3.67.